The Hall–Kier alpha value is -0.810. The Kier molecular flexibility index (Phi) is 5.23. The van der Waals surface area contributed by atoms with Gasteiger partial charge in [0, 0.05) is 19.6 Å². The second kappa shape index (κ2) is 7.16. The van der Waals surface area contributed by atoms with Crippen molar-refractivity contribution >= 4 is 24.2 Å². The van der Waals surface area contributed by atoms with Gasteiger partial charge in [0.1, 0.15) is 6.04 Å². The predicted octanol–water partition coefficient (Wildman–Crippen LogP) is 2.81. The van der Waals surface area contributed by atoms with Crippen molar-refractivity contribution in [3.8, 4) is 0 Å². The second-order valence-electron chi connectivity index (χ2n) is 10.9. The fourth-order valence-corrected chi connectivity index (χ4v) is 7.53. The number of rotatable bonds is 3. The number of nitrogens with two attached hydrogens (primary N) is 1. The molecule has 2 saturated heterocycles. The van der Waals surface area contributed by atoms with Crippen molar-refractivity contribution in [2.75, 3.05) is 26.2 Å². The number of hydrogen-bond acceptors (Lipinski definition) is 3. The lowest BCUT2D eigenvalue weighted by Gasteiger charge is -2.56. The molecule has 0 radical (unpaired) electrons. The van der Waals surface area contributed by atoms with E-state index in [2.05, 4.69) is 6.92 Å². The van der Waals surface area contributed by atoms with Gasteiger partial charge in [-0.15, -0.1) is 12.4 Å². The maximum Gasteiger partial charge on any atom is 0.245 e. The summed E-state index contributed by atoms with van der Waals surface area (Å²) in [5.74, 6) is 2.81. The molecule has 2 amide bonds. The van der Waals surface area contributed by atoms with E-state index in [0.29, 0.717) is 12.5 Å². The van der Waals surface area contributed by atoms with E-state index in [1.807, 2.05) is 9.80 Å². The smallest absolute Gasteiger partial charge is 0.245 e. The third-order valence-electron chi connectivity index (χ3n) is 8.65. The fourth-order valence-electron chi connectivity index (χ4n) is 7.53. The van der Waals surface area contributed by atoms with Gasteiger partial charge in [0.25, 0.3) is 0 Å². The zero-order chi connectivity index (χ0) is 18.8. The van der Waals surface area contributed by atoms with Crippen LogP contribution in [0, 0.1) is 28.6 Å². The van der Waals surface area contributed by atoms with Crippen LogP contribution in [0.4, 0.5) is 0 Å². The molecule has 5 nitrogen and oxygen atoms in total. The summed E-state index contributed by atoms with van der Waals surface area (Å²) >= 11 is 0. The van der Waals surface area contributed by atoms with Crippen LogP contribution in [0.2, 0.25) is 0 Å². The van der Waals surface area contributed by atoms with Gasteiger partial charge >= 0.3 is 0 Å². The van der Waals surface area contributed by atoms with Gasteiger partial charge in [-0.1, -0.05) is 6.92 Å². The molecular weight excluding hydrogens is 374 g/mol. The summed E-state index contributed by atoms with van der Waals surface area (Å²) in [7, 11) is 0. The Morgan fingerprint density at radius 2 is 1.64 bits per heavy atom. The molecule has 6 aliphatic rings. The van der Waals surface area contributed by atoms with Gasteiger partial charge in [0.2, 0.25) is 11.8 Å². The molecule has 2 N–H and O–H groups in total. The van der Waals surface area contributed by atoms with Crippen molar-refractivity contribution in [1.82, 2.24) is 9.80 Å². The van der Waals surface area contributed by atoms with Crippen molar-refractivity contribution in [1.29, 1.82) is 0 Å². The summed E-state index contributed by atoms with van der Waals surface area (Å²) in [6.45, 7) is 5.12. The number of nitrogens with zero attached hydrogens (tertiary/aromatic N) is 2. The first-order chi connectivity index (χ1) is 12.9. The van der Waals surface area contributed by atoms with E-state index in [-0.39, 0.29) is 35.2 Å². The quantitative estimate of drug-likeness (QED) is 0.779. The zero-order valence-electron chi connectivity index (χ0n) is 17.2. The largest absolute Gasteiger partial charge is 0.340 e. The molecule has 2 aliphatic heterocycles. The molecule has 0 aromatic heterocycles. The van der Waals surface area contributed by atoms with Crippen molar-refractivity contribution in [3.05, 3.63) is 0 Å². The SMILES string of the molecule is CC1(CN)CCN(C(=O)C2CCCN2C(=O)C23CC4CC(CC(C4)C2)C3)C1.Cl. The van der Waals surface area contributed by atoms with Crippen LogP contribution in [-0.4, -0.2) is 53.8 Å². The molecule has 0 aromatic rings. The molecule has 6 rings (SSSR count). The summed E-state index contributed by atoms with van der Waals surface area (Å²) in [6.07, 6.45) is 10.1. The summed E-state index contributed by atoms with van der Waals surface area (Å²) in [6, 6.07) is -0.217. The van der Waals surface area contributed by atoms with E-state index in [1.54, 1.807) is 0 Å². The van der Waals surface area contributed by atoms with Crippen molar-refractivity contribution in [2.24, 2.45) is 34.3 Å². The molecule has 2 atom stereocenters. The van der Waals surface area contributed by atoms with Crippen LogP contribution in [0.5, 0.6) is 0 Å². The summed E-state index contributed by atoms with van der Waals surface area (Å²) in [4.78, 5) is 31.0. The minimum absolute atomic E-state index is 0. The number of halogens is 1. The molecular formula is C22H36ClN3O2. The average Bonchev–Trinajstić information content (AvgIpc) is 3.27. The van der Waals surface area contributed by atoms with E-state index in [1.165, 1.54) is 19.3 Å². The van der Waals surface area contributed by atoms with Gasteiger partial charge in [-0.2, -0.15) is 0 Å². The van der Waals surface area contributed by atoms with Crippen LogP contribution in [0.25, 0.3) is 0 Å². The minimum Gasteiger partial charge on any atom is -0.340 e. The van der Waals surface area contributed by atoms with E-state index < -0.39 is 0 Å². The Morgan fingerprint density at radius 1 is 1.04 bits per heavy atom. The van der Waals surface area contributed by atoms with Crippen LogP contribution in [0.3, 0.4) is 0 Å². The monoisotopic (exact) mass is 409 g/mol. The topological polar surface area (TPSA) is 66.6 Å². The molecule has 6 heteroatoms. The van der Waals surface area contributed by atoms with Gasteiger partial charge in [-0.05, 0) is 87.5 Å². The number of carbonyl (C=O) groups excluding carboxylic acids is 2. The lowest BCUT2D eigenvalue weighted by molar-refractivity contribution is -0.161. The molecule has 2 heterocycles. The zero-order valence-corrected chi connectivity index (χ0v) is 18.0. The summed E-state index contributed by atoms with van der Waals surface area (Å²) in [5, 5.41) is 0. The number of likely N-dealkylation sites (tertiary alicyclic amines) is 2. The Balaban J connectivity index is 0.00000192. The van der Waals surface area contributed by atoms with Crippen LogP contribution in [0.15, 0.2) is 0 Å². The highest BCUT2D eigenvalue weighted by atomic mass is 35.5. The normalized spacial score (nSPS) is 44.1. The van der Waals surface area contributed by atoms with Crippen molar-refractivity contribution < 1.29 is 9.59 Å². The van der Waals surface area contributed by atoms with Crippen LogP contribution < -0.4 is 5.73 Å². The molecule has 0 aromatic carbocycles. The predicted molar refractivity (Wildman–Crippen MR) is 111 cm³/mol. The Labute approximate surface area is 175 Å². The third kappa shape index (κ3) is 3.17. The highest BCUT2D eigenvalue weighted by Crippen LogP contribution is 2.60. The van der Waals surface area contributed by atoms with E-state index in [9.17, 15) is 9.59 Å². The van der Waals surface area contributed by atoms with Gasteiger partial charge in [0.15, 0.2) is 0 Å². The van der Waals surface area contributed by atoms with Gasteiger partial charge in [-0.25, -0.2) is 0 Å². The van der Waals surface area contributed by atoms with Crippen LogP contribution in [-0.2, 0) is 9.59 Å². The molecule has 0 spiro atoms. The molecule has 4 aliphatic carbocycles. The van der Waals surface area contributed by atoms with Gasteiger partial charge in [0.05, 0.1) is 5.41 Å². The second-order valence-corrected chi connectivity index (χ2v) is 10.9. The first kappa shape index (κ1) is 20.5. The lowest BCUT2D eigenvalue weighted by atomic mass is 9.49. The molecule has 4 saturated carbocycles. The first-order valence-corrected chi connectivity index (χ1v) is 11.2. The van der Waals surface area contributed by atoms with Gasteiger partial charge < -0.3 is 15.5 Å². The van der Waals surface area contributed by atoms with E-state index in [4.69, 9.17) is 5.73 Å². The average molecular weight is 410 g/mol. The minimum atomic E-state index is -0.217. The van der Waals surface area contributed by atoms with E-state index >= 15 is 0 Å². The number of amides is 2. The molecule has 158 valence electrons. The maximum absolute atomic E-state index is 13.7. The third-order valence-corrected chi connectivity index (χ3v) is 8.65. The number of carbonyl (C=O) groups is 2. The molecule has 6 fully saturated rings. The highest BCUT2D eigenvalue weighted by Gasteiger charge is 2.57. The molecule has 28 heavy (non-hydrogen) atoms. The molecule has 4 bridgehead atoms. The Morgan fingerprint density at radius 3 is 2.18 bits per heavy atom. The fraction of sp³-hybridized carbons (Fsp3) is 0.909. The van der Waals surface area contributed by atoms with Crippen LogP contribution >= 0.6 is 12.4 Å². The Bertz CT molecular complexity index is 618. The summed E-state index contributed by atoms with van der Waals surface area (Å²) < 4.78 is 0. The molecule has 2 unspecified atom stereocenters. The van der Waals surface area contributed by atoms with Gasteiger partial charge in [-0.3, -0.25) is 9.59 Å². The summed E-state index contributed by atoms with van der Waals surface area (Å²) in [5.41, 5.74) is 5.84. The van der Waals surface area contributed by atoms with Crippen molar-refractivity contribution in [2.45, 2.75) is 70.8 Å². The van der Waals surface area contributed by atoms with E-state index in [0.717, 1.165) is 75.9 Å². The standard InChI is InChI=1S/C22H35N3O2.ClH/c1-21(13-23)4-6-24(14-21)19(26)18-3-2-5-25(18)20(27)22-10-15-7-16(11-22)9-17(8-15)12-22;/h15-18H,2-14,23H2,1H3;1H. The van der Waals surface area contributed by atoms with Crippen LogP contribution in [0.1, 0.15) is 64.7 Å². The lowest BCUT2D eigenvalue weighted by Crippen LogP contribution is -2.57. The highest BCUT2D eigenvalue weighted by molar-refractivity contribution is 5.91. The van der Waals surface area contributed by atoms with Crippen molar-refractivity contribution in [3.63, 3.8) is 0 Å². The maximum atomic E-state index is 13.7. The first-order valence-electron chi connectivity index (χ1n) is 11.2. The number of hydrogen-bond donors (Lipinski definition) is 1.